The van der Waals surface area contributed by atoms with E-state index in [1.54, 1.807) is 4.90 Å². The lowest BCUT2D eigenvalue weighted by Gasteiger charge is -2.28. The number of rotatable bonds is 3. The molecule has 0 aliphatic carbocycles. The molecule has 1 unspecified atom stereocenters. The van der Waals surface area contributed by atoms with Gasteiger partial charge in [0.25, 0.3) is 0 Å². The van der Waals surface area contributed by atoms with Crippen LogP contribution in [-0.2, 0) is 9.53 Å². The summed E-state index contributed by atoms with van der Waals surface area (Å²) >= 11 is 0. The Morgan fingerprint density at radius 3 is 2.53 bits per heavy atom. The summed E-state index contributed by atoms with van der Waals surface area (Å²) in [5.74, 6) is 0.213. The molecule has 0 N–H and O–H groups in total. The molecule has 1 rings (SSSR count). The van der Waals surface area contributed by atoms with E-state index >= 15 is 0 Å². The number of nitrogens with zero attached hydrogens (tertiary/aromatic N) is 1. The summed E-state index contributed by atoms with van der Waals surface area (Å²) < 4.78 is 5.34. The molecular weight excluding hydrogens is 218 g/mol. The summed E-state index contributed by atoms with van der Waals surface area (Å²) in [4.78, 5) is 25.1. The van der Waals surface area contributed by atoms with Gasteiger partial charge in [-0.3, -0.25) is 4.79 Å². The van der Waals surface area contributed by atoms with Crippen molar-refractivity contribution in [2.45, 2.75) is 65.0 Å². The topological polar surface area (TPSA) is 46.6 Å². The Bertz CT molecular complexity index is 294. The average Bonchev–Trinajstić information content (AvgIpc) is 2.63. The molecule has 1 fully saturated rings. The molecule has 1 saturated heterocycles. The molecule has 4 nitrogen and oxygen atoms in total. The minimum absolute atomic E-state index is 0.0392. The van der Waals surface area contributed by atoms with Crippen LogP contribution in [0.5, 0.6) is 0 Å². The Kier molecular flexibility index (Phi) is 4.54. The molecule has 0 radical (unpaired) electrons. The highest BCUT2D eigenvalue weighted by molar-refractivity contribution is 5.79. The lowest BCUT2D eigenvalue weighted by atomic mass is 10.1. The fourth-order valence-corrected chi connectivity index (χ4v) is 2.02. The van der Waals surface area contributed by atoms with E-state index in [-0.39, 0.29) is 17.9 Å². The first kappa shape index (κ1) is 14.0. The van der Waals surface area contributed by atoms with Crippen molar-refractivity contribution in [2.24, 2.45) is 0 Å². The normalized spacial score (nSPS) is 20.5. The number of ether oxygens (including phenoxy) is 1. The van der Waals surface area contributed by atoms with E-state index in [1.165, 1.54) is 0 Å². The van der Waals surface area contributed by atoms with Crippen molar-refractivity contribution >= 4 is 11.9 Å². The molecular formula is C13H23NO3. The van der Waals surface area contributed by atoms with E-state index in [4.69, 9.17) is 4.74 Å². The summed E-state index contributed by atoms with van der Waals surface area (Å²) in [6.45, 7) is 8.12. The van der Waals surface area contributed by atoms with Crippen molar-refractivity contribution in [3.8, 4) is 0 Å². The largest absolute Gasteiger partial charge is 0.444 e. The van der Waals surface area contributed by atoms with E-state index in [9.17, 15) is 9.59 Å². The molecule has 0 spiro atoms. The molecule has 98 valence electrons. The molecule has 0 bridgehead atoms. The number of carbonyl (C=O) groups is 2. The molecule has 0 aromatic heterocycles. The van der Waals surface area contributed by atoms with Gasteiger partial charge in [-0.1, -0.05) is 6.92 Å². The molecule has 0 aromatic carbocycles. The van der Waals surface area contributed by atoms with Crippen LogP contribution in [0, 0.1) is 0 Å². The number of hydrogen-bond donors (Lipinski definition) is 0. The van der Waals surface area contributed by atoms with Crippen molar-refractivity contribution in [2.75, 3.05) is 6.54 Å². The molecule has 1 atom stereocenters. The minimum atomic E-state index is -0.473. The predicted octanol–water partition coefficient (Wildman–Crippen LogP) is 2.76. The first-order valence-corrected chi connectivity index (χ1v) is 6.35. The van der Waals surface area contributed by atoms with Gasteiger partial charge in [0, 0.05) is 25.4 Å². The number of Topliss-reactive ketones (excluding diaryl/α,β-unsaturated/α-hetero) is 1. The fraction of sp³-hybridized carbons (Fsp3) is 0.846. The van der Waals surface area contributed by atoms with Crippen LogP contribution in [-0.4, -0.2) is 35.0 Å². The van der Waals surface area contributed by atoms with Gasteiger partial charge in [0.1, 0.15) is 11.4 Å². The van der Waals surface area contributed by atoms with Gasteiger partial charge >= 0.3 is 6.09 Å². The molecule has 1 aliphatic rings. The molecule has 4 heteroatoms. The van der Waals surface area contributed by atoms with E-state index in [1.807, 2.05) is 27.7 Å². The second-order valence-corrected chi connectivity index (χ2v) is 5.57. The monoisotopic (exact) mass is 241 g/mol. The lowest BCUT2D eigenvalue weighted by molar-refractivity contribution is -0.119. The van der Waals surface area contributed by atoms with Crippen molar-refractivity contribution in [1.29, 1.82) is 0 Å². The molecule has 1 aliphatic heterocycles. The molecule has 1 heterocycles. The van der Waals surface area contributed by atoms with Crippen LogP contribution >= 0.6 is 0 Å². The maximum atomic E-state index is 11.9. The summed E-state index contributed by atoms with van der Waals surface area (Å²) in [5.41, 5.74) is -0.473. The number of carbonyl (C=O) groups excluding carboxylic acids is 2. The number of ketones is 1. The van der Waals surface area contributed by atoms with Gasteiger partial charge in [0.05, 0.1) is 0 Å². The smallest absolute Gasteiger partial charge is 0.410 e. The number of amides is 1. The Morgan fingerprint density at radius 1 is 1.35 bits per heavy atom. The van der Waals surface area contributed by atoms with Crippen molar-refractivity contribution in [3.05, 3.63) is 0 Å². The van der Waals surface area contributed by atoms with Gasteiger partial charge in [-0.15, -0.1) is 0 Å². The Hall–Kier alpha value is -1.06. The molecule has 17 heavy (non-hydrogen) atoms. The van der Waals surface area contributed by atoms with Gasteiger partial charge in [-0.25, -0.2) is 4.79 Å². The fourth-order valence-electron chi connectivity index (χ4n) is 2.02. The maximum absolute atomic E-state index is 11.9. The van der Waals surface area contributed by atoms with Crippen LogP contribution in [0.1, 0.15) is 53.4 Å². The van der Waals surface area contributed by atoms with Crippen LogP contribution in [0.15, 0.2) is 0 Å². The summed E-state index contributed by atoms with van der Waals surface area (Å²) in [5, 5.41) is 0. The number of likely N-dealkylation sites (tertiary alicyclic amines) is 1. The van der Waals surface area contributed by atoms with Gasteiger partial charge in [0.2, 0.25) is 0 Å². The van der Waals surface area contributed by atoms with E-state index in [0.29, 0.717) is 19.4 Å². The zero-order valence-corrected chi connectivity index (χ0v) is 11.3. The number of hydrogen-bond acceptors (Lipinski definition) is 3. The van der Waals surface area contributed by atoms with Crippen LogP contribution in [0.2, 0.25) is 0 Å². The highest BCUT2D eigenvalue weighted by atomic mass is 16.6. The first-order valence-electron chi connectivity index (χ1n) is 6.35. The van der Waals surface area contributed by atoms with Crippen molar-refractivity contribution < 1.29 is 14.3 Å². The van der Waals surface area contributed by atoms with Crippen LogP contribution < -0.4 is 0 Å². The van der Waals surface area contributed by atoms with Crippen LogP contribution in [0.25, 0.3) is 0 Å². The van der Waals surface area contributed by atoms with Gasteiger partial charge in [0.15, 0.2) is 0 Å². The maximum Gasteiger partial charge on any atom is 0.410 e. The Morgan fingerprint density at radius 2 is 2.00 bits per heavy atom. The first-order chi connectivity index (χ1) is 7.83. The highest BCUT2D eigenvalue weighted by Gasteiger charge is 2.32. The Balaban J connectivity index is 2.57. The standard InChI is InChI=1S/C13H23NO3/c1-5-11(15)9-10-7-6-8-14(10)12(16)17-13(2,3)4/h10H,5-9H2,1-4H3. The third-order valence-electron chi connectivity index (χ3n) is 2.86. The lowest BCUT2D eigenvalue weighted by Crippen LogP contribution is -2.40. The second-order valence-electron chi connectivity index (χ2n) is 5.57. The van der Waals surface area contributed by atoms with E-state index < -0.39 is 5.60 Å². The SMILES string of the molecule is CCC(=O)CC1CCCN1C(=O)OC(C)(C)C. The summed E-state index contributed by atoms with van der Waals surface area (Å²) in [6.07, 6.45) is 2.59. The van der Waals surface area contributed by atoms with Crippen molar-refractivity contribution in [3.63, 3.8) is 0 Å². The molecule has 1 amide bonds. The van der Waals surface area contributed by atoms with Gasteiger partial charge in [-0.05, 0) is 33.6 Å². The second kappa shape index (κ2) is 5.52. The average molecular weight is 241 g/mol. The van der Waals surface area contributed by atoms with Crippen molar-refractivity contribution in [1.82, 2.24) is 4.90 Å². The zero-order valence-electron chi connectivity index (χ0n) is 11.3. The third-order valence-corrected chi connectivity index (χ3v) is 2.86. The third kappa shape index (κ3) is 4.36. The summed E-state index contributed by atoms with van der Waals surface area (Å²) in [7, 11) is 0. The molecule has 0 saturated carbocycles. The quantitative estimate of drug-likeness (QED) is 0.763. The highest BCUT2D eigenvalue weighted by Crippen LogP contribution is 2.23. The van der Waals surface area contributed by atoms with Gasteiger partial charge in [-0.2, -0.15) is 0 Å². The summed E-state index contributed by atoms with van der Waals surface area (Å²) in [6, 6.07) is 0.0392. The van der Waals surface area contributed by atoms with E-state index in [0.717, 1.165) is 12.8 Å². The van der Waals surface area contributed by atoms with Gasteiger partial charge < -0.3 is 9.64 Å². The predicted molar refractivity (Wildman–Crippen MR) is 65.9 cm³/mol. The van der Waals surface area contributed by atoms with E-state index in [2.05, 4.69) is 0 Å². The Labute approximate surface area is 103 Å². The van der Waals surface area contributed by atoms with Crippen LogP contribution in [0.4, 0.5) is 4.79 Å². The van der Waals surface area contributed by atoms with Crippen LogP contribution in [0.3, 0.4) is 0 Å². The molecule has 0 aromatic rings. The zero-order chi connectivity index (χ0) is 13.1. The minimum Gasteiger partial charge on any atom is -0.444 e.